The lowest BCUT2D eigenvalue weighted by Crippen LogP contribution is -2.32. The first-order chi connectivity index (χ1) is 8.37. The summed E-state index contributed by atoms with van der Waals surface area (Å²) in [5.41, 5.74) is 0. The van der Waals surface area contributed by atoms with Crippen molar-refractivity contribution < 1.29 is 13.2 Å². The van der Waals surface area contributed by atoms with Gasteiger partial charge in [0.05, 0.1) is 5.75 Å². The Labute approximate surface area is 112 Å². The molecule has 0 saturated carbocycles. The molecule has 0 fully saturated rings. The smallest absolute Gasteiger partial charge is 0.211 e. The van der Waals surface area contributed by atoms with E-state index < -0.39 is 10.0 Å². The first-order valence-corrected chi connectivity index (χ1v) is 8.22. The van der Waals surface area contributed by atoms with E-state index in [-0.39, 0.29) is 11.7 Å². The van der Waals surface area contributed by atoms with Gasteiger partial charge >= 0.3 is 0 Å². The topological polar surface area (TPSA) is 67.4 Å². The summed E-state index contributed by atoms with van der Waals surface area (Å²) in [6, 6.07) is 0.453. The molecule has 0 heterocycles. The lowest BCUT2D eigenvalue weighted by atomic mass is 10.2. The molecule has 18 heavy (non-hydrogen) atoms. The van der Waals surface area contributed by atoms with Crippen molar-refractivity contribution in [1.29, 1.82) is 0 Å². The van der Waals surface area contributed by atoms with E-state index in [2.05, 4.69) is 23.9 Å². The molecule has 1 unspecified atom stereocenters. The molecule has 0 amide bonds. The third-order valence-electron chi connectivity index (χ3n) is 2.50. The van der Waals surface area contributed by atoms with Gasteiger partial charge in [-0.25, -0.2) is 13.1 Å². The lowest BCUT2D eigenvalue weighted by molar-refractivity contribution is 0.161. The first kappa shape index (κ1) is 17.8. The van der Waals surface area contributed by atoms with Gasteiger partial charge in [0, 0.05) is 26.3 Å². The monoisotopic (exact) mass is 280 g/mol. The fraction of sp³-hybridized carbons (Fsp3) is 1.00. The largest absolute Gasteiger partial charge is 0.384 e. The molecule has 5 nitrogen and oxygen atoms in total. The van der Waals surface area contributed by atoms with Gasteiger partial charge in [-0.15, -0.1) is 0 Å². The molecule has 0 aliphatic carbocycles. The molecular formula is C12H28N2O3S. The second-order valence-electron chi connectivity index (χ2n) is 5.04. The van der Waals surface area contributed by atoms with Crippen LogP contribution in [0.4, 0.5) is 0 Å². The molecular weight excluding hydrogens is 252 g/mol. The minimum absolute atomic E-state index is 0.201. The van der Waals surface area contributed by atoms with Crippen molar-refractivity contribution in [2.45, 2.75) is 39.7 Å². The summed E-state index contributed by atoms with van der Waals surface area (Å²) in [5.74, 6) is 0.402. The Bertz CT molecular complexity index is 292. The van der Waals surface area contributed by atoms with Crippen LogP contribution >= 0.6 is 0 Å². The van der Waals surface area contributed by atoms with Crippen LogP contribution < -0.4 is 10.0 Å². The number of rotatable bonds is 11. The molecule has 0 aromatic carbocycles. The van der Waals surface area contributed by atoms with Crippen molar-refractivity contribution in [3.63, 3.8) is 0 Å². The first-order valence-electron chi connectivity index (χ1n) is 6.57. The highest BCUT2D eigenvalue weighted by molar-refractivity contribution is 7.89. The van der Waals surface area contributed by atoms with Gasteiger partial charge in [-0.2, -0.15) is 0 Å². The van der Waals surface area contributed by atoms with Crippen LogP contribution in [0.5, 0.6) is 0 Å². The van der Waals surface area contributed by atoms with Crippen molar-refractivity contribution in [2.75, 3.05) is 32.6 Å². The number of unbranched alkanes of at least 4 members (excludes halogenated alkanes) is 1. The van der Waals surface area contributed by atoms with E-state index in [1.54, 1.807) is 7.11 Å². The Kier molecular flexibility index (Phi) is 9.63. The summed E-state index contributed by atoms with van der Waals surface area (Å²) in [6.07, 6.45) is 1.57. The zero-order valence-electron chi connectivity index (χ0n) is 12.0. The molecule has 0 rings (SSSR count). The Balaban J connectivity index is 3.67. The van der Waals surface area contributed by atoms with Crippen LogP contribution in [-0.4, -0.2) is 47.0 Å². The molecule has 0 aliphatic rings. The van der Waals surface area contributed by atoms with Gasteiger partial charge in [0.15, 0.2) is 0 Å². The van der Waals surface area contributed by atoms with Gasteiger partial charge in [0.2, 0.25) is 10.0 Å². The summed E-state index contributed by atoms with van der Waals surface area (Å²) in [7, 11) is -1.51. The standard InChI is InChI=1S/C12H28N2O3S/c1-11(2)13-7-5-6-8-18(15,16)14-9-12(3)10-17-4/h11-14H,5-10H2,1-4H3. The van der Waals surface area contributed by atoms with Crippen molar-refractivity contribution in [3.05, 3.63) is 0 Å². The van der Waals surface area contributed by atoms with Gasteiger partial charge in [-0.05, 0) is 25.3 Å². The molecule has 2 N–H and O–H groups in total. The molecule has 0 aromatic heterocycles. The second kappa shape index (κ2) is 9.72. The summed E-state index contributed by atoms with van der Waals surface area (Å²) < 4.78 is 30.9. The van der Waals surface area contributed by atoms with Crippen LogP contribution in [-0.2, 0) is 14.8 Å². The molecule has 0 bridgehead atoms. The van der Waals surface area contributed by atoms with E-state index >= 15 is 0 Å². The van der Waals surface area contributed by atoms with Gasteiger partial charge in [0.25, 0.3) is 0 Å². The van der Waals surface area contributed by atoms with E-state index in [1.165, 1.54) is 0 Å². The van der Waals surface area contributed by atoms with Crippen molar-refractivity contribution in [3.8, 4) is 0 Å². The van der Waals surface area contributed by atoms with Crippen LogP contribution in [0.2, 0.25) is 0 Å². The molecule has 0 saturated heterocycles. The minimum atomic E-state index is -3.13. The Morgan fingerprint density at radius 2 is 1.83 bits per heavy atom. The van der Waals surface area contributed by atoms with Crippen molar-refractivity contribution in [1.82, 2.24) is 10.0 Å². The summed E-state index contributed by atoms with van der Waals surface area (Å²) >= 11 is 0. The molecule has 110 valence electrons. The van der Waals surface area contributed by atoms with Crippen molar-refractivity contribution >= 4 is 10.0 Å². The molecule has 0 spiro atoms. The Morgan fingerprint density at radius 3 is 2.39 bits per heavy atom. The number of nitrogens with one attached hydrogen (secondary N) is 2. The van der Waals surface area contributed by atoms with Gasteiger partial charge in [0.1, 0.15) is 0 Å². The maximum atomic E-state index is 11.7. The van der Waals surface area contributed by atoms with E-state index in [1.807, 2.05) is 6.92 Å². The van der Waals surface area contributed by atoms with Crippen molar-refractivity contribution in [2.24, 2.45) is 5.92 Å². The summed E-state index contributed by atoms with van der Waals surface area (Å²) in [6.45, 7) is 8.00. The molecule has 0 aromatic rings. The molecule has 6 heteroatoms. The second-order valence-corrected chi connectivity index (χ2v) is 6.97. The zero-order chi connectivity index (χ0) is 14.0. The third-order valence-corrected chi connectivity index (χ3v) is 3.93. The normalized spacial score (nSPS) is 14.1. The molecule has 0 aliphatic heterocycles. The number of ether oxygens (including phenoxy) is 1. The van der Waals surface area contributed by atoms with Crippen LogP contribution in [0, 0.1) is 5.92 Å². The Morgan fingerprint density at radius 1 is 1.17 bits per heavy atom. The van der Waals surface area contributed by atoms with E-state index in [4.69, 9.17) is 4.74 Å². The fourth-order valence-electron chi connectivity index (χ4n) is 1.49. The van der Waals surface area contributed by atoms with Crippen LogP contribution in [0.15, 0.2) is 0 Å². The van der Waals surface area contributed by atoms with Crippen LogP contribution in [0.3, 0.4) is 0 Å². The number of hydrogen-bond donors (Lipinski definition) is 2. The van der Waals surface area contributed by atoms with E-state index in [0.717, 1.165) is 13.0 Å². The van der Waals surface area contributed by atoms with Gasteiger partial charge in [-0.3, -0.25) is 0 Å². The summed E-state index contributed by atoms with van der Waals surface area (Å²) in [4.78, 5) is 0. The Hall–Kier alpha value is -0.170. The summed E-state index contributed by atoms with van der Waals surface area (Å²) in [5, 5.41) is 3.27. The molecule has 1 atom stereocenters. The average Bonchev–Trinajstić information content (AvgIpc) is 2.26. The lowest BCUT2D eigenvalue weighted by Gasteiger charge is -2.12. The predicted octanol–water partition coefficient (Wildman–Crippen LogP) is 0.967. The quantitative estimate of drug-likeness (QED) is 0.553. The number of methoxy groups -OCH3 is 1. The highest BCUT2D eigenvalue weighted by atomic mass is 32.2. The van der Waals surface area contributed by atoms with Crippen LogP contribution in [0.25, 0.3) is 0 Å². The third kappa shape index (κ3) is 11.0. The highest BCUT2D eigenvalue weighted by Gasteiger charge is 2.11. The predicted molar refractivity (Wildman–Crippen MR) is 75.2 cm³/mol. The average molecular weight is 280 g/mol. The van der Waals surface area contributed by atoms with E-state index in [0.29, 0.717) is 25.6 Å². The minimum Gasteiger partial charge on any atom is -0.384 e. The maximum absolute atomic E-state index is 11.7. The van der Waals surface area contributed by atoms with E-state index in [9.17, 15) is 8.42 Å². The fourth-order valence-corrected chi connectivity index (χ4v) is 2.76. The molecule has 0 radical (unpaired) electrons. The zero-order valence-corrected chi connectivity index (χ0v) is 12.8. The van der Waals surface area contributed by atoms with Crippen LogP contribution in [0.1, 0.15) is 33.6 Å². The maximum Gasteiger partial charge on any atom is 0.211 e. The number of sulfonamides is 1. The highest BCUT2D eigenvalue weighted by Crippen LogP contribution is 1.98. The van der Waals surface area contributed by atoms with Gasteiger partial charge in [-0.1, -0.05) is 20.8 Å². The number of hydrogen-bond acceptors (Lipinski definition) is 4. The SMILES string of the molecule is COCC(C)CNS(=O)(=O)CCCCNC(C)C. The van der Waals surface area contributed by atoms with Gasteiger partial charge < -0.3 is 10.1 Å².